The van der Waals surface area contributed by atoms with Crippen LogP contribution < -0.4 is 5.32 Å². The van der Waals surface area contributed by atoms with E-state index in [9.17, 15) is 14.4 Å². The average molecular weight is 399 g/mol. The first kappa shape index (κ1) is 22.1. The van der Waals surface area contributed by atoms with Gasteiger partial charge in [-0.05, 0) is 18.6 Å². The van der Waals surface area contributed by atoms with E-state index in [4.69, 9.17) is 14.6 Å². The smallest absolute Gasteiger partial charge is 0.329 e. The number of aliphatic carboxylic acids is 1. The van der Waals surface area contributed by atoms with Crippen molar-refractivity contribution < 1.29 is 29.0 Å². The van der Waals surface area contributed by atoms with Crippen LogP contribution in [0.15, 0.2) is 66.8 Å². The molecule has 0 saturated carbocycles. The highest BCUT2D eigenvalue weighted by Gasteiger charge is 2.48. The predicted molar refractivity (Wildman–Crippen MR) is 107 cm³/mol. The summed E-state index contributed by atoms with van der Waals surface area (Å²) in [6.07, 6.45) is 8.56. The van der Waals surface area contributed by atoms with Crippen LogP contribution in [0, 0.1) is 0 Å². The zero-order valence-electron chi connectivity index (χ0n) is 16.4. The Morgan fingerprint density at radius 1 is 1.21 bits per heavy atom. The molecule has 1 aliphatic heterocycles. The number of ether oxygens (including phenoxy) is 2. The van der Waals surface area contributed by atoms with Crippen LogP contribution in [-0.2, 0) is 30.3 Å². The molecule has 2 N–H and O–H groups in total. The number of esters is 1. The number of rotatable bonds is 10. The van der Waals surface area contributed by atoms with E-state index in [1.54, 1.807) is 24.3 Å². The fourth-order valence-electron chi connectivity index (χ4n) is 2.57. The van der Waals surface area contributed by atoms with Gasteiger partial charge in [-0.15, -0.1) is 0 Å². The standard InChI is InChI=1S/C22H25NO6/c1-16(24)23-18(14-17-10-6-5-7-11-17)21(27)29-19(22(2)15-28-22)12-8-3-4-9-13-20(25)26/h3-13,18-19H,14-15H2,1-2H3,(H,23,24)(H,25,26)/b4-3-,12-8+,13-9+/t18-,19-,22-/m0/s1. The lowest BCUT2D eigenvalue weighted by Crippen LogP contribution is -2.45. The number of epoxide rings is 1. The number of amides is 1. The summed E-state index contributed by atoms with van der Waals surface area (Å²) in [6, 6.07) is 8.53. The summed E-state index contributed by atoms with van der Waals surface area (Å²) < 4.78 is 11.1. The predicted octanol–water partition coefficient (Wildman–Crippen LogP) is 2.19. The van der Waals surface area contributed by atoms with E-state index in [2.05, 4.69) is 5.32 Å². The molecule has 7 nitrogen and oxygen atoms in total. The van der Waals surface area contributed by atoms with Gasteiger partial charge in [-0.1, -0.05) is 54.6 Å². The zero-order valence-corrected chi connectivity index (χ0v) is 16.4. The molecular weight excluding hydrogens is 374 g/mol. The number of carbonyl (C=O) groups is 3. The summed E-state index contributed by atoms with van der Waals surface area (Å²) in [5.41, 5.74) is 0.280. The van der Waals surface area contributed by atoms with E-state index in [0.717, 1.165) is 11.6 Å². The Morgan fingerprint density at radius 3 is 2.45 bits per heavy atom. The van der Waals surface area contributed by atoms with Crippen LogP contribution >= 0.6 is 0 Å². The van der Waals surface area contributed by atoms with Crippen molar-refractivity contribution in [1.82, 2.24) is 5.32 Å². The lowest BCUT2D eigenvalue weighted by Gasteiger charge is -2.22. The zero-order chi connectivity index (χ0) is 21.3. The van der Waals surface area contributed by atoms with Gasteiger partial charge in [0.25, 0.3) is 0 Å². The average Bonchev–Trinajstić information content (AvgIpc) is 3.41. The molecule has 0 bridgehead atoms. The van der Waals surface area contributed by atoms with Crippen molar-refractivity contribution in [2.24, 2.45) is 0 Å². The fourth-order valence-corrected chi connectivity index (χ4v) is 2.57. The van der Waals surface area contributed by atoms with Crippen LogP contribution in [-0.4, -0.2) is 47.3 Å². The van der Waals surface area contributed by atoms with Gasteiger partial charge in [-0.2, -0.15) is 0 Å². The van der Waals surface area contributed by atoms with Gasteiger partial charge >= 0.3 is 11.9 Å². The van der Waals surface area contributed by atoms with Gasteiger partial charge in [-0.3, -0.25) is 4.79 Å². The highest BCUT2D eigenvalue weighted by atomic mass is 16.6. The first-order valence-electron chi connectivity index (χ1n) is 9.20. The summed E-state index contributed by atoms with van der Waals surface area (Å²) in [5.74, 6) is -1.91. The number of carbonyl (C=O) groups excluding carboxylic acids is 2. The molecule has 1 fully saturated rings. The summed E-state index contributed by atoms with van der Waals surface area (Å²) in [6.45, 7) is 3.62. The van der Waals surface area contributed by atoms with Crippen molar-refractivity contribution in [3.8, 4) is 0 Å². The molecule has 0 unspecified atom stereocenters. The SMILES string of the molecule is CC(=O)N[C@@H](Cc1ccccc1)C(=O)O[C@@H](/C=C/C=C\C=C\C(=O)O)[C@]1(C)CO1. The molecule has 7 heteroatoms. The molecule has 1 aromatic rings. The van der Waals surface area contributed by atoms with E-state index in [1.807, 2.05) is 37.3 Å². The lowest BCUT2D eigenvalue weighted by atomic mass is 10.0. The van der Waals surface area contributed by atoms with E-state index in [1.165, 1.54) is 13.0 Å². The van der Waals surface area contributed by atoms with Gasteiger partial charge in [-0.25, -0.2) is 9.59 Å². The molecule has 154 valence electrons. The van der Waals surface area contributed by atoms with Gasteiger partial charge < -0.3 is 19.9 Å². The number of nitrogens with one attached hydrogen (secondary N) is 1. The van der Waals surface area contributed by atoms with Crippen molar-refractivity contribution >= 4 is 17.8 Å². The minimum absolute atomic E-state index is 0.313. The number of carboxylic acids is 1. The Kier molecular flexibility index (Phi) is 7.91. The van der Waals surface area contributed by atoms with Crippen LogP contribution in [0.2, 0.25) is 0 Å². The summed E-state index contributed by atoms with van der Waals surface area (Å²) in [7, 11) is 0. The number of hydrogen-bond acceptors (Lipinski definition) is 5. The maximum atomic E-state index is 12.8. The van der Waals surface area contributed by atoms with Crippen LogP contribution in [0.4, 0.5) is 0 Å². The van der Waals surface area contributed by atoms with Gasteiger partial charge in [0, 0.05) is 19.4 Å². The van der Waals surface area contributed by atoms with E-state index >= 15 is 0 Å². The van der Waals surface area contributed by atoms with E-state index in [-0.39, 0.29) is 5.91 Å². The monoisotopic (exact) mass is 399 g/mol. The minimum Gasteiger partial charge on any atom is -0.478 e. The maximum Gasteiger partial charge on any atom is 0.329 e. The molecule has 1 heterocycles. The normalized spacial score (nSPS) is 20.6. The number of allylic oxidation sites excluding steroid dienone is 4. The van der Waals surface area contributed by atoms with Crippen LogP contribution in [0.3, 0.4) is 0 Å². The molecule has 0 radical (unpaired) electrons. The van der Waals surface area contributed by atoms with Crippen LogP contribution in [0.25, 0.3) is 0 Å². The molecule has 1 amide bonds. The largest absolute Gasteiger partial charge is 0.478 e. The highest BCUT2D eigenvalue weighted by molar-refractivity contribution is 5.83. The van der Waals surface area contributed by atoms with Crippen molar-refractivity contribution in [2.75, 3.05) is 6.61 Å². The minimum atomic E-state index is -1.04. The first-order chi connectivity index (χ1) is 13.8. The second-order valence-corrected chi connectivity index (χ2v) is 6.87. The second-order valence-electron chi connectivity index (χ2n) is 6.87. The quantitative estimate of drug-likeness (QED) is 0.270. The van der Waals surface area contributed by atoms with Gasteiger partial charge in [0.2, 0.25) is 5.91 Å². The summed E-state index contributed by atoms with van der Waals surface area (Å²) >= 11 is 0. The van der Waals surface area contributed by atoms with Gasteiger partial charge in [0.05, 0.1) is 6.61 Å². The Labute approximate surface area is 169 Å². The molecule has 2 rings (SSSR count). The van der Waals surface area contributed by atoms with E-state index < -0.39 is 29.7 Å². The van der Waals surface area contributed by atoms with E-state index in [0.29, 0.717) is 13.0 Å². The fraction of sp³-hybridized carbons (Fsp3) is 0.318. The Hall–Kier alpha value is -3.19. The molecule has 0 aromatic heterocycles. The van der Waals surface area contributed by atoms with Crippen LogP contribution in [0.5, 0.6) is 0 Å². The lowest BCUT2D eigenvalue weighted by molar-refractivity contribution is -0.153. The summed E-state index contributed by atoms with van der Waals surface area (Å²) in [4.78, 5) is 34.7. The molecule has 0 spiro atoms. The molecule has 3 atom stereocenters. The van der Waals surface area contributed by atoms with Gasteiger partial charge in [0.15, 0.2) is 6.10 Å². The highest BCUT2D eigenvalue weighted by Crippen LogP contribution is 2.33. The topological polar surface area (TPSA) is 105 Å². The number of carboxylic acid groups (broad SMARTS) is 1. The summed E-state index contributed by atoms with van der Waals surface area (Å²) in [5, 5.41) is 11.2. The molecule has 1 saturated heterocycles. The third-order valence-corrected chi connectivity index (χ3v) is 4.25. The number of benzene rings is 1. The Morgan fingerprint density at radius 2 is 1.86 bits per heavy atom. The first-order valence-corrected chi connectivity index (χ1v) is 9.20. The molecular formula is C22H25NO6. The molecule has 29 heavy (non-hydrogen) atoms. The number of hydrogen-bond donors (Lipinski definition) is 2. The molecule has 1 aromatic carbocycles. The Bertz CT molecular complexity index is 808. The van der Waals surface area contributed by atoms with Crippen molar-refractivity contribution in [2.45, 2.75) is 38.0 Å². The molecule has 0 aliphatic carbocycles. The van der Waals surface area contributed by atoms with Gasteiger partial charge in [0.1, 0.15) is 11.6 Å². The third kappa shape index (κ3) is 7.75. The van der Waals surface area contributed by atoms with Crippen molar-refractivity contribution in [3.63, 3.8) is 0 Å². The van der Waals surface area contributed by atoms with Crippen molar-refractivity contribution in [1.29, 1.82) is 0 Å². The Balaban J connectivity index is 2.06. The van der Waals surface area contributed by atoms with Crippen LogP contribution in [0.1, 0.15) is 19.4 Å². The second kappa shape index (κ2) is 10.4. The third-order valence-electron chi connectivity index (χ3n) is 4.25. The van der Waals surface area contributed by atoms with Crippen molar-refractivity contribution in [3.05, 3.63) is 72.4 Å². The molecule has 1 aliphatic rings. The maximum absolute atomic E-state index is 12.8.